The number of hydrogen-bond donors (Lipinski definition) is 2. The molecular formula is C15H17ClN2O4S. The standard InChI is InChI=1S/C15H17ClN2O4S/c1-4-22-15(19)13-9(2)14(10(3)17-13)23(20,21)18-12-7-5-11(16)6-8-12/h5-8,17-18H,4H2,1-3H3. The predicted octanol–water partition coefficient (Wildman–Crippen LogP) is 3.26. The highest BCUT2D eigenvalue weighted by Crippen LogP contribution is 2.26. The topological polar surface area (TPSA) is 88.3 Å². The summed E-state index contributed by atoms with van der Waals surface area (Å²) in [7, 11) is -3.85. The predicted molar refractivity (Wildman–Crippen MR) is 88.5 cm³/mol. The van der Waals surface area contributed by atoms with Gasteiger partial charge in [-0.3, -0.25) is 4.72 Å². The van der Waals surface area contributed by atoms with Gasteiger partial charge in [0, 0.05) is 22.0 Å². The molecule has 124 valence electrons. The fraction of sp³-hybridized carbons (Fsp3) is 0.267. The molecule has 0 spiro atoms. The van der Waals surface area contributed by atoms with Crippen molar-refractivity contribution in [1.29, 1.82) is 0 Å². The lowest BCUT2D eigenvalue weighted by molar-refractivity contribution is 0.0519. The Kier molecular flexibility index (Phi) is 5.01. The summed E-state index contributed by atoms with van der Waals surface area (Å²) in [4.78, 5) is 14.7. The van der Waals surface area contributed by atoms with Crippen molar-refractivity contribution in [2.45, 2.75) is 25.7 Å². The van der Waals surface area contributed by atoms with Gasteiger partial charge < -0.3 is 9.72 Å². The highest BCUT2D eigenvalue weighted by Gasteiger charge is 2.27. The van der Waals surface area contributed by atoms with Gasteiger partial charge in [-0.1, -0.05) is 11.6 Å². The van der Waals surface area contributed by atoms with Gasteiger partial charge in [0.25, 0.3) is 10.0 Å². The number of benzene rings is 1. The van der Waals surface area contributed by atoms with Crippen LogP contribution in [-0.2, 0) is 14.8 Å². The molecule has 0 unspecified atom stereocenters. The van der Waals surface area contributed by atoms with Crippen LogP contribution in [0.4, 0.5) is 5.69 Å². The maximum atomic E-state index is 12.6. The SMILES string of the molecule is CCOC(=O)c1[nH]c(C)c(S(=O)(=O)Nc2ccc(Cl)cc2)c1C. The fourth-order valence-corrected chi connectivity index (χ4v) is 3.90. The van der Waals surface area contributed by atoms with Crippen molar-refractivity contribution in [2.24, 2.45) is 0 Å². The molecule has 0 aliphatic heterocycles. The number of nitrogens with one attached hydrogen (secondary N) is 2. The number of hydrogen-bond acceptors (Lipinski definition) is 4. The zero-order valence-electron chi connectivity index (χ0n) is 12.9. The van der Waals surface area contributed by atoms with E-state index in [9.17, 15) is 13.2 Å². The Morgan fingerprint density at radius 2 is 1.87 bits per heavy atom. The summed E-state index contributed by atoms with van der Waals surface area (Å²) >= 11 is 5.78. The maximum Gasteiger partial charge on any atom is 0.355 e. The number of carbonyl (C=O) groups is 1. The molecule has 1 aromatic heterocycles. The van der Waals surface area contributed by atoms with Crippen molar-refractivity contribution >= 4 is 33.3 Å². The van der Waals surface area contributed by atoms with E-state index in [0.717, 1.165) is 0 Å². The normalized spacial score (nSPS) is 11.3. The molecule has 0 aliphatic carbocycles. The van der Waals surface area contributed by atoms with E-state index < -0.39 is 16.0 Å². The Morgan fingerprint density at radius 1 is 1.26 bits per heavy atom. The molecule has 2 aromatic rings. The van der Waals surface area contributed by atoms with Gasteiger partial charge in [-0.2, -0.15) is 0 Å². The van der Waals surface area contributed by atoms with Crippen molar-refractivity contribution in [2.75, 3.05) is 11.3 Å². The highest BCUT2D eigenvalue weighted by molar-refractivity contribution is 7.92. The van der Waals surface area contributed by atoms with Crippen LogP contribution in [0.5, 0.6) is 0 Å². The number of anilines is 1. The first-order chi connectivity index (χ1) is 10.8. The molecule has 0 fully saturated rings. The van der Waals surface area contributed by atoms with E-state index in [-0.39, 0.29) is 17.2 Å². The van der Waals surface area contributed by atoms with Gasteiger partial charge in [0.15, 0.2) is 0 Å². The first-order valence-electron chi connectivity index (χ1n) is 6.91. The lowest BCUT2D eigenvalue weighted by atomic mass is 10.2. The quantitative estimate of drug-likeness (QED) is 0.805. The zero-order valence-corrected chi connectivity index (χ0v) is 14.5. The van der Waals surface area contributed by atoms with Gasteiger partial charge in [-0.15, -0.1) is 0 Å². The van der Waals surface area contributed by atoms with Gasteiger partial charge in [0.05, 0.1) is 6.61 Å². The molecular weight excluding hydrogens is 340 g/mol. The summed E-state index contributed by atoms with van der Waals surface area (Å²) in [5.41, 5.74) is 1.21. The van der Waals surface area contributed by atoms with Crippen LogP contribution in [0.25, 0.3) is 0 Å². The summed E-state index contributed by atoms with van der Waals surface area (Å²) in [5, 5.41) is 0.506. The molecule has 0 amide bonds. The number of carbonyl (C=O) groups excluding carboxylic acids is 1. The smallest absolute Gasteiger partial charge is 0.355 e. The van der Waals surface area contributed by atoms with E-state index in [1.165, 1.54) is 0 Å². The van der Waals surface area contributed by atoms with Crippen molar-refractivity contribution in [3.63, 3.8) is 0 Å². The van der Waals surface area contributed by atoms with Crippen LogP contribution in [0, 0.1) is 13.8 Å². The van der Waals surface area contributed by atoms with Gasteiger partial charge in [0.1, 0.15) is 10.6 Å². The minimum atomic E-state index is -3.85. The number of H-pyrrole nitrogens is 1. The zero-order chi connectivity index (χ0) is 17.2. The monoisotopic (exact) mass is 356 g/mol. The molecule has 0 saturated carbocycles. The van der Waals surface area contributed by atoms with Gasteiger partial charge in [0.2, 0.25) is 0 Å². The number of aromatic nitrogens is 1. The number of ether oxygens (including phenoxy) is 1. The molecule has 8 heteroatoms. The minimum absolute atomic E-state index is 0.0375. The van der Waals surface area contributed by atoms with E-state index in [0.29, 0.717) is 22.0 Å². The van der Waals surface area contributed by atoms with E-state index in [4.69, 9.17) is 16.3 Å². The van der Waals surface area contributed by atoms with Crippen molar-refractivity contribution in [3.8, 4) is 0 Å². The Morgan fingerprint density at radius 3 is 2.43 bits per heavy atom. The highest BCUT2D eigenvalue weighted by atomic mass is 35.5. The first-order valence-corrected chi connectivity index (χ1v) is 8.77. The number of halogens is 1. The van der Waals surface area contributed by atoms with Crippen LogP contribution in [0.3, 0.4) is 0 Å². The minimum Gasteiger partial charge on any atom is -0.461 e. The molecule has 2 N–H and O–H groups in total. The van der Waals surface area contributed by atoms with Crippen LogP contribution in [0.1, 0.15) is 28.7 Å². The third-order valence-corrected chi connectivity index (χ3v) is 5.12. The summed E-state index contributed by atoms with van der Waals surface area (Å²) in [5.74, 6) is -0.582. The van der Waals surface area contributed by atoms with Crippen LogP contribution < -0.4 is 4.72 Å². The van der Waals surface area contributed by atoms with E-state index in [2.05, 4.69) is 9.71 Å². The Bertz CT molecular complexity index is 826. The van der Waals surface area contributed by atoms with Crippen LogP contribution in [0.15, 0.2) is 29.2 Å². The van der Waals surface area contributed by atoms with Crippen LogP contribution in [-0.4, -0.2) is 26.0 Å². The second-order valence-corrected chi connectivity index (χ2v) is 6.97. The van der Waals surface area contributed by atoms with E-state index in [1.54, 1.807) is 45.0 Å². The lowest BCUT2D eigenvalue weighted by Crippen LogP contribution is -2.15. The van der Waals surface area contributed by atoms with Gasteiger partial charge in [-0.05, 0) is 45.0 Å². The van der Waals surface area contributed by atoms with E-state index >= 15 is 0 Å². The first kappa shape index (κ1) is 17.4. The molecule has 1 heterocycles. The van der Waals surface area contributed by atoms with Crippen molar-refractivity contribution in [3.05, 3.63) is 46.2 Å². The molecule has 6 nitrogen and oxygen atoms in total. The van der Waals surface area contributed by atoms with Gasteiger partial charge in [-0.25, -0.2) is 13.2 Å². The average Bonchev–Trinajstić information content (AvgIpc) is 2.77. The third-order valence-electron chi connectivity index (χ3n) is 3.21. The summed E-state index contributed by atoms with van der Waals surface area (Å²) < 4.78 is 32.6. The fourth-order valence-electron chi connectivity index (χ4n) is 2.27. The maximum absolute atomic E-state index is 12.6. The van der Waals surface area contributed by atoms with Crippen LogP contribution >= 0.6 is 11.6 Å². The van der Waals surface area contributed by atoms with Gasteiger partial charge >= 0.3 is 5.97 Å². The number of aryl methyl sites for hydroxylation is 1. The molecule has 0 saturated heterocycles. The Labute approximate surface area is 139 Å². The summed E-state index contributed by atoms with van der Waals surface area (Å²) in [6.45, 7) is 5.04. The summed E-state index contributed by atoms with van der Waals surface area (Å²) in [6, 6.07) is 6.29. The lowest BCUT2D eigenvalue weighted by Gasteiger charge is -2.09. The third kappa shape index (κ3) is 3.68. The largest absolute Gasteiger partial charge is 0.461 e. The number of esters is 1. The summed E-state index contributed by atoms with van der Waals surface area (Å²) in [6.07, 6.45) is 0. The molecule has 1 aromatic carbocycles. The number of aromatic amines is 1. The Hall–Kier alpha value is -1.99. The second-order valence-electron chi connectivity index (χ2n) is 4.91. The average molecular weight is 357 g/mol. The molecule has 0 bridgehead atoms. The molecule has 0 radical (unpaired) electrons. The van der Waals surface area contributed by atoms with Crippen LogP contribution in [0.2, 0.25) is 5.02 Å². The number of sulfonamides is 1. The molecule has 2 rings (SSSR count). The number of rotatable bonds is 5. The molecule has 0 atom stereocenters. The molecule has 23 heavy (non-hydrogen) atoms. The van der Waals surface area contributed by atoms with E-state index in [1.807, 2.05) is 0 Å². The Balaban J connectivity index is 2.40. The van der Waals surface area contributed by atoms with Crippen molar-refractivity contribution < 1.29 is 17.9 Å². The second kappa shape index (κ2) is 6.64. The van der Waals surface area contributed by atoms with Crippen molar-refractivity contribution in [1.82, 2.24) is 4.98 Å². The molecule has 0 aliphatic rings.